The molecule has 0 aromatic heterocycles. The molecular weight excluding hydrogens is 630 g/mol. The Hall–Kier alpha value is -2.88. The van der Waals surface area contributed by atoms with Gasteiger partial charge in [0.15, 0.2) is 0 Å². The molecule has 2 aromatic carbocycles. The van der Waals surface area contributed by atoms with Crippen molar-refractivity contribution in [1.82, 2.24) is 16.0 Å². The maximum Gasteiger partial charge on any atom is 0.407 e. The Morgan fingerprint density at radius 3 is 2.46 bits per heavy atom. The quantitative estimate of drug-likeness (QED) is 0.274. The summed E-state index contributed by atoms with van der Waals surface area (Å²) in [6, 6.07) is 9.20. The summed E-state index contributed by atoms with van der Waals surface area (Å²) in [7, 11) is 0. The van der Waals surface area contributed by atoms with E-state index in [2.05, 4.69) is 21.3 Å². The van der Waals surface area contributed by atoms with Crippen LogP contribution in [0, 0.1) is 11.7 Å². The van der Waals surface area contributed by atoms with Gasteiger partial charge in [-0.2, -0.15) is 0 Å². The highest BCUT2D eigenvalue weighted by Crippen LogP contribution is 2.62. The minimum absolute atomic E-state index is 0.0514. The Morgan fingerprint density at radius 1 is 1.04 bits per heavy atom. The molecule has 4 N–H and O–H groups in total. The van der Waals surface area contributed by atoms with Crippen LogP contribution in [0.25, 0.3) is 0 Å². The van der Waals surface area contributed by atoms with Crippen LogP contribution in [0.4, 0.5) is 14.9 Å². The number of carbonyl (C=O) groups is 3. The molecule has 46 heavy (non-hydrogen) atoms. The second-order valence-electron chi connectivity index (χ2n) is 14.4. The summed E-state index contributed by atoms with van der Waals surface area (Å²) in [5.74, 6) is -1.71. The number of nitrogens with one attached hydrogen (secondary N) is 4. The molecule has 3 atom stereocenters. The van der Waals surface area contributed by atoms with Crippen LogP contribution in [0.2, 0.25) is 10.0 Å². The van der Waals surface area contributed by atoms with Crippen LogP contribution in [0.15, 0.2) is 36.4 Å². The largest absolute Gasteiger partial charge is 0.444 e. The summed E-state index contributed by atoms with van der Waals surface area (Å²) in [4.78, 5) is 41.0. The zero-order valence-electron chi connectivity index (χ0n) is 26.6. The van der Waals surface area contributed by atoms with E-state index in [4.69, 9.17) is 27.9 Å². The molecule has 8 nitrogen and oxygen atoms in total. The van der Waals surface area contributed by atoms with Gasteiger partial charge in [0.1, 0.15) is 16.8 Å². The molecule has 6 rings (SSSR count). The lowest BCUT2D eigenvalue weighted by Crippen LogP contribution is -2.60. The molecule has 2 heterocycles. The van der Waals surface area contributed by atoms with Crippen molar-refractivity contribution in [3.05, 3.63) is 63.4 Å². The number of fused-ring (bicyclic) bond motifs is 3. The topological polar surface area (TPSA) is 109 Å². The Balaban J connectivity index is 1.29. The standard InChI is InChI=1S/C35H43Cl2FN4O4/c1-33(2,3)46-32(45)39-19-20-10-13-22(14-11-20)40-30(43)29-27(23-8-7-9-25(37)28(23)38)35(34(42-29)16-5-4-6-17-34)24-15-12-21(36)18-26(24)41-31(35)44/h7-9,12,15,18,20,22,27,29,42H,4-6,10-11,13-14,16-17,19H2,1-3H3,(H,39,45)(H,40,43)(H,41,44)/t20?,22?,27?,29-,35-/m1/s1. The Morgan fingerprint density at radius 2 is 1.76 bits per heavy atom. The summed E-state index contributed by atoms with van der Waals surface area (Å²) in [6.45, 7) is 6.00. The maximum atomic E-state index is 16.1. The van der Waals surface area contributed by atoms with Crippen LogP contribution in [0.1, 0.15) is 95.6 Å². The lowest BCUT2D eigenvalue weighted by molar-refractivity contribution is -0.124. The second-order valence-corrected chi connectivity index (χ2v) is 15.3. The van der Waals surface area contributed by atoms with Gasteiger partial charge in [0.05, 0.1) is 11.1 Å². The molecule has 2 aliphatic carbocycles. The van der Waals surface area contributed by atoms with Gasteiger partial charge in [-0.05, 0) is 94.5 Å². The molecule has 3 amide bonds. The average molecular weight is 674 g/mol. The van der Waals surface area contributed by atoms with E-state index in [9.17, 15) is 14.4 Å². The zero-order chi connectivity index (χ0) is 32.9. The number of alkyl carbamates (subject to hydrolysis) is 1. The van der Waals surface area contributed by atoms with Gasteiger partial charge in [0.25, 0.3) is 0 Å². The van der Waals surface area contributed by atoms with E-state index in [1.807, 2.05) is 26.8 Å². The zero-order valence-corrected chi connectivity index (χ0v) is 28.1. The van der Waals surface area contributed by atoms with Crippen molar-refractivity contribution in [3.8, 4) is 0 Å². The lowest BCUT2D eigenvalue weighted by Gasteiger charge is -2.47. The van der Waals surface area contributed by atoms with E-state index in [0.717, 1.165) is 50.5 Å². The summed E-state index contributed by atoms with van der Waals surface area (Å²) in [5.41, 5.74) is -1.02. The van der Waals surface area contributed by atoms with Crippen LogP contribution in [-0.2, 0) is 19.7 Å². The van der Waals surface area contributed by atoms with Gasteiger partial charge in [-0.15, -0.1) is 0 Å². The first-order chi connectivity index (χ1) is 21.8. The number of rotatable bonds is 5. The second kappa shape index (κ2) is 12.6. The molecule has 248 valence electrons. The number of ether oxygens (including phenoxy) is 1. The molecule has 2 aliphatic heterocycles. The van der Waals surface area contributed by atoms with E-state index < -0.39 is 40.4 Å². The van der Waals surface area contributed by atoms with Gasteiger partial charge in [0, 0.05) is 34.8 Å². The van der Waals surface area contributed by atoms with Crippen molar-refractivity contribution >= 4 is 46.8 Å². The predicted molar refractivity (Wildman–Crippen MR) is 177 cm³/mol. The fourth-order valence-electron chi connectivity index (χ4n) is 8.56. The van der Waals surface area contributed by atoms with Gasteiger partial charge < -0.3 is 20.7 Å². The number of halogens is 3. The number of anilines is 1. The molecular formula is C35H43Cl2FN4O4. The van der Waals surface area contributed by atoms with E-state index in [1.54, 1.807) is 24.3 Å². The fourth-order valence-corrected chi connectivity index (χ4v) is 8.92. The molecule has 4 aliphatic rings. The van der Waals surface area contributed by atoms with E-state index in [1.165, 1.54) is 6.07 Å². The van der Waals surface area contributed by atoms with Crippen molar-refractivity contribution in [2.24, 2.45) is 5.92 Å². The molecule has 2 spiro atoms. The lowest BCUT2D eigenvalue weighted by atomic mass is 9.55. The molecule has 11 heteroatoms. The Labute approximate surface area is 279 Å². The maximum absolute atomic E-state index is 16.1. The Bertz CT molecular complexity index is 1520. The number of benzene rings is 2. The van der Waals surface area contributed by atoms with Crippen molar-refractivity contribution in [2.45, 2.75) is 113 Å². The molecule has 1 saturated heterocycles. The van der Waals surface area contributed by atoms with Crippen molar-refractivity contribution < 1.29 is 23.5 Å². The number of carbonyl (C=O) groups excluding carboxylic acids is 3. The first-order valence-corrected chi connectivity index (χ1v) is 17.2. The van der Waals surface area contributed by atoms with Crippen LogP contribution in [0.3, 0.4) is 0 Å². The fraction of sp³-hybridized carbons (Fsp3) is 0.571. The normalized spacial score (nSPS) is 28.5. The van der Waals surface area contributed by atoms with Crippen molar-refractivity contribution in [2.75, 3.05) is 11.9 Å². The van der Waals surface area contributed by atoms with Gasteiger partial charge in [-0.1, -0.05) is 60.7 Å². The van der Waals surface area contributed by atoms with Crippen LogP contribution < -0.4 is 21.3 Å². The SMILES string of the molecule is CC(C)(C)OC(=O)NCC1CCC(NC(=O)[C@@H]2NC3(CCCCC3)[C@@]3(C(=O)Nc4cc(Cl)ccc43)C2c2cccc(Cl)c2F)CC1. The molecule has 0 bridgehead atoms. The first kappa shape index (κ1) is 33.0. The van der Waals surface area contributed by atoms with Gasteiger partial charge in [-0.25, -0.2) is 9.18 Å². The average Bonchev–Trinajstić information content (AvgIpc) is 3.45. The van der Waals surface area contributed by atoms with E-state index in [-0.39, 0.29) is 34.4 Å². The highest BCUT2D eigenvalue weighted by Gasteiger charge is 2.72. The molecule has 3 fully saturated rings. The van der Waals surface area contributed by atoms with Gasteiger partial charge in [-0.3, -0.25) is 14.9 Å². The highest BCUT2D eigenvalue weighted by atomic mass is 35.5. The summed E-state index contributed by atoms with van der Waals surface area (Å²) >= 11 is 12.7. The third-order valence-electron chi connectivity index (χ3n) is 10.4. The van der Waals surface area contributed by atoms with Gasteiger partial charge >= 0.3 is 6.09 Å². The number of amides is 3. The van der Waals surface area contributed by atoms with Crippen LogP contribution in [-0.4, -0.2) is 47.7 Å². The third kappa shape index (κ3) is 5.88. The number of hydrogen-bond acceptors (Lipinski definition) is 5. The molecule has 1 unspecified atom stereocenters. The first-order valence-electron chi connectivity index (χ1n) is 16.4. The minimum Gasteiger partial charge on any atom is -0.444 e. The van der Waals surface area contributed by atoms with E-state index in [0.29, 0.717) is 30.1 Å². The monoisotopic (exact) mass is 672 g/mol. The van der Waals surface area contributed by atoms with Crippen LogP contribution >= 0.6 is 23.2 Å². The smallest absolute Gasteiger partial charge is 0.407 e. The summed E-state index contributed by atoms with van der Waals surface area (Å²) < 4.78 is 21.4. The predicted octanol–water partition coefficient (Wildman–Crippen LogP) is 6.98. The minimum atomic E-state index is -1.26. The molecule has 2 saturated carbocycles. The van der Waals surface area contributed by atoms with Crippen LogP contribution in [0.5, 0.6) is 0 Å². The summed E-state index contributed by atoms with van der Waals surface area (Å²) in [6.07, 6.45) is 6.83. The number of hydrogen-bond donors (Lipinski definition) is 4. The summed E-state index contributed by atoms with van der Waals surface area (Å²) in [5, 5.41) is 13.3. The third-order valence-corrected chi connectivity index (χ3v) is 11.0. The van der Waals surface area contributed by atoms with Gasteiger partial charge in [0.2, 0.25) is 11.8 Å². The van der Waals surface area contributed by atoms with E-state index >= 15 is 4.39 Å². The van der Waals surface area contributed by atoms with Crippen molar-refractivity contribution in [3.63, 3.8) is 0 Å². The highest BCUT2D eigenvalue weighted by molar-refractivity contribution is 6.31. The van der Waals surface area contributed by atoms with Crippen molar-refractivity contribution in [1.29, 1.82) is 0 Å². The molecule has 0 radical (unpaired) electrons. The molecule has 2 aromatic rings. The Kier molecular flexibility index (Phi) is 9.06.